The highest BCUT2D eigenvalue weighted by molar-refractivity contribution is 5.01. The van der Waals surface area contributed by atoms with E-state index in [0.29, 0.717) is 12.1 Å². The minimum Gasteiger partial charge on any atom is -0.339 e. The van der Waals surface area contributed by atoms with Crippen molar-refractivity contribution in [3.05, 3.63) is 23.9 Å². The molecule has 0 unspecified atom stereocenters. The number of aromatic nitrogens is 2. The van der Waals surface area contributed by atoms with Crippen molar-refractivity contribution in [3.8, 4) is 0 Å². The van der Waals surface area contributed by atoms with Crippen LogP contribution in [0, 0.1) is 0 Å². The summed E-state index contributed by atoms with van der Waals surface area (Å²) in [6.07, 6.45) is 10.7. The van der Waals surface area contributed by atoms with Crippen LogP contribution in [0.4, 0.5) is 0 Å². The van der Waals surface area contributed by atoms with Crippen LogP contribution in [0.5, 0.6) is 0 Å². The number of hydrogen-bond donors (Lipinski definition) is 0. The van der Waals surface area contributed by atoms with Crippen LogP contribution >= 0.6 is 0 Å². The van der Waals surface area contributed by atoms with Crippen molar-refractivity contribution in [2.24, 2.45) is 0 Å². The first-order valence-electron chi connectivity index (χ1n) is 8.18. The molecule has 1 aromatic rings. The van der Waals surface area contributed by atoms with Crippen LogP contribution < -0.4 is 0 Å². The van der Waals surface area contributed by atoms with Gasteiger partial charge in [-0.25, -0.2) is 0 Å². The maximum absolute atomic E-state index is 5.19. The van der Waals surface area contributed by atoms with Crippen molar-refractivity contribution in [1.29, 1.82) is 0 Å². The summed E-state index contributed by atoms with van der Waals surface area (Å²) in [4.78, 5) is 9.41. The Morgan fingerprint density at radius 3 is 3.05 bits per heavy atom. The van der Waals surface area contributed by atoms with Gasteiger partial charge in [-0.05, 0) is 32.7 Å². The van der Waals surface area contributed by atoms with Gasteiger partial charge in [-0.1, -0.05) is 24.2 Å². The van der Waals surface area contributed by atoms with Gasteiger partial charge < -0.3 is 4.52 Å². The SMILES string of the molecule is CCc1nc(CN(C)[C@@H]2CCN([C@@H]3C=CCCC3)C2)no1. The Labute approximate surface area is 127 Å². The van der Waals surface area contributed by atoms with Crippen molar-refractivity contribution < 1.29 is 4.52 Å². The maximum Gasteiger partial charge on any atom is 0.226 e. The van der Waals surface area contributed by atoms with Crippen LogP contribution in [0.15, 0.2) is 16.7 Å². The highest BCUT2D eigenvalue weighted by atomic mass is 16.5. The van der Waals surface area contributed by atoms with Gasteiger partial charge in [0, 0.05) is 31.6 Å². The van der Waals surface area contributed by atoms with Crippen LogP contribution in [0.25, 0.3) is 0 Å². The van der Waals surface area contributed by atoms with Crippen molar-refractivity contribution >= 4 is 0 Å². The Balaban J connectivity index is 1.52. The molecule has 21 heavy (non-hydrogen) atoms. The summed E-state index contributed by atoms with van der Waals surface area (Å²) in [5, 5.41) is 4.05. The van der Waals surface area contributed by atoms with Crippen LogP contribution in [0.2, 0.25) is 0 Å². The zero-order valence-electron chi connectivity index (χ0n) is 13.2. The van der Waals surface area contributed by atoms with Crippen LogP contribution in [-0.2, 0) is 13.0 Å². The third kappa shape index (κ3) is 3.52. The topological polar surface area (TPSA) is 45.4 Å². The molecule has 2 atom stereocenters. The molecule has 2 aliphatic rings. The average molecular weight is 290 g/mol. The van der Waals surface area contributed by atoms with Crippen LogP contribution in [0.3, 0.4) is 0 Å². The molecular weight excluding hydrogens is 264 g/mol. The molecule has 1 fully saturated rings. The zero-order valence-corrected chi connectivity index (χ0v) is 13.2. The molecule has 3 rings (SSSR count). The summed E-state index contributed by atoms with van der Waals surface area (Å²) in [6, 6.07) is 1.26. The summed E-state index contributed by atoms with van der Waals surface area (Å²) >= 11 is 0. The smallest absolute Gasteiger partial charge is 0.226 e. The number of nitrogens with zero attached hydrogens (tertiary/aromatic N) is 4. The zero-order chi connectivity index (χ0) is 14.7. The second-order valence-electron chi connectivity index (χ2n) is 6.24. The van der Waals surface area contributed by atoms with E-state index in [9.17, 15) is 0 Å². The first-order chi connectivity index (χ1) is 10.3. The third-order valence-corrected chi connectivity index (χ3v) is 4.72. The number of likely N-dealkylation sites (tertiary alicyclic amines) is 1. The molecule has 1 aromatic heterocycles. The molecular formula is C16H26N4O. The molecule has 0 N–H and O–H groups in total. The van der Waals surface area contributed by atoms with Crippen molar-refractivity contribution in [1.82, 2.24) is 19.9 Å². The predicted octanol–water partition coefficient (Wildman–Crippen LogP) is 2.25. The molecule has 0 amide bonds. The average Bonchev–Trinajstić information content (AvgIpc) is 3.17. The first kappa shape index (κ1) is 14.7. The number of hydrogen-bond acceptors (Lipinski definition) is 5. The van der Waals surface area contributed by atoms with Gasteiger partial charge in [-0.3, -0.25) is 9.80 Å². The molecule has 0 spiro atoms. The summed E-state index contributed by atoms with van der Waals surface area (Å²) in [6.45, 7) is 5.18. The monoisotopic (exact) mass is 290 g/mol. The van der Waals surface area contributed by atoms with E-state index in [4.69, 9.17) is 4.52 Å². The summed E-state index contributed by atoms with van der Waals surface area (Å²) < 4.78 is 5.19. The lowest BCUT2D eigenvalue weighted by Gasteiger charge is -2.29. The second-order valence-corrected chi connectivity index (χ2v) is 6.24. The van der Waals surface area contributed by atoms with Gasteiger partial charge in [0.15, 0.2) is 5.82 Å². The molecule has 5 nitrogen and oxygen atoms in total. The van der Waals surface area contributed by atoms with Gasteiger partial charge >= 0.3 is 0 Å². The molecule has 116 valence electrons. The van der Waals surface area contributed by atoms with E-state index in [2.05, 4.69) is 39.1 Å². The number of aryl methyl sites for hydroxylation is 1. The fraction of sp³-hybridized carbons (Fsp3) is 0.750. The quantitative estimate of drug-likeness (QED) is 0.778. The van der Waals surface area contributed by atoms with Gasteiger partial charge in [-0.2, -0.15) is 4.98 Å². The van der Waals surface area contributed by atoms with E-state index in [1.54, 1.807) is 0 Å². The fourth-order valence-electron chi connectivity index (χ4n) is 3.38. The molecule has 0 aromatic carbocycles. The van der Waals surface area contributed by atoms with Crippen molar-refractivity contribution in [3.63, 3.8) is 0 Å². The van der Waals surface area contributed by atoms with E-state index in [0.717, 1.165) is 31.2 Å². The Kier molecular flexibility index (Phi) is 4.70. The van der Waals surface area contributed by atoms with Crippen molar-refractivity contribution in [2.45, 2.75) is 57.7 Å². The largest absolute Gasteiger partial charge is 0.339 e. The van der Waals surface area contributed by atoms with E-state index in [1.807, 2.05) is 6.92 Å². The third-order valence-electron chi connectivity index (χ3n) is 4.72. The Morgan fingerprint density at radius 2 is 2.33 bits per heavy atom. The lowest BCUT2D eigenvalue weighted by Crippen LogP contribution is -2.38. The number of rotatable bonds is 5. The highest BCUT2D eigenvalue weighted by Gasteiger charge is 2.30. The molecule has 1 saturated heterocycles. The summed E-state index contributed by atoms with van der Waals surface area (Å²) in [5.41, 5.74) is 0. The molecule has 2 heterocycles. The molecule has 0 saturated carbocycles. The first-order valence-corrected chi connectivity index (χ1v) is 8.18. The van der Waals surface area contributed by atoms with E-state index in [1.165, 1.54) is 32.2 Å². The van der Waals surface area contributed by atoms with E-state index in [-0.39, 0.29) is 0 Å². The van der Waals surface area contributed by atoms with Crippen LogP contribution in [-0.4, -0.2) is 52.2 Å². The lowest BCUT2D eigenvalue weighted by molar-refractivity contribution is 0.200. The molecule has 0 bridgehead atoms. The predicted molar refractivity (Wildman–Crippen MR) is 81.9 cm³/mol. The maximum atomic E-state index is 5.19. The van der Waals surface area contributed by atoms with Gasteiger partial charge in [0.05, 0.1) is 6.54 Å². The summed E-state index contributed by atoms with van der Waals surface area (Å²) in [7, 11) is 2.17. The minimum atomic E-state index is 0.601. The van der Waals surface area contributed by atoms with Crippen LogP contribution in [0.1, 0.15) is 44.3 Å². The van der Waals surface area contributed by atoms with E-state index >= 15 is 0 Å². The number of allylic oxidation sites excluding steroid dienone is 1. The molecule has 1 aliphatic carbocycles. The number of likely N-dealkylation sites (N-methyl/N-ethyl adjacent to an activating group) is 1. The standard InChI is InChI=1S/C16H26N4O/c1-3-16-17-15(18-21-16)12-19(2)14-9-10-20(11-14)13-7-5-4-6-8-13/h5,7,13-14H,3-4,6,8-12H2,1-2H3/t13-,14-/m1/s1. The van der Waals surface area contributed by atoms with Gasteiger partial charge in [0.2, 0.25) is 5.89 Å². The molecule has 1 aliphatic heterocycles. The molecule has 5 heteroatoms. The van der Waals surface area contributed by atoms with E-state index < -0.39 is 0 Å². The van der Waals surface area contributed by atoms with Gasteiger partial charge in [0.25, 0.3) is 0 Å². The Bertz CT molecular complexity index is 484. The Morgan fingerprint density at radius 1 is 1.43 bits per heavy atom. The Hall–Kier alpha value is -1.20. The summed E-state index contributed by atoms with van der Waals surface area (Å²) in [5.74, 6) is 1.55. The highest BCUT2D eigenvalue weighted by Crippen LogP contribution is 2.23. The van der Waals surface area contributed by atoms with Gasteiger partial charge in [0.1, 0.15) is 0 Å². The molecule has 0 radical (unpaired) electrons. The second kappa shape index (κ2) is 6.71. The van der Waals surface area contributed by atoms with Crippen molar-refractivity contribution in [2.75, 3.05) is 20.1 Å². The lowest BCUT2D eigenvalue weighted by atomic mass is 10.0. The normalized spacial score (nSPS) is 26.8. The fourth-order valence-corrected chi connectivity index (χ4v) is 3.38. The minimum absolute atomic E-state index is 0.601. The van der Waals surface area contributed by atoms with Gasteiger partial charge in [-0.15, -0.1) is 0 Å².